The molecule has 0 saturated heterocycles. The van der Waals surface area contributed by atoms with Crippen LogP contribution in [0.3, 0.4) is 0 Å². The van der Waals surface area contributed by atoms with Crippen LogP contribution in [0.1, 0.15) is 30.7 Å². The van der Waals surface area contributed by atoms with Gasteiger partial charge in [-0.05, 0) is 37.8 Å². The molecule has 0 saturated carbocycles. The van der Waals surface area contributed by atoms with Crippen LogP contribution >= 0.6 is 11.3 Å². The van der Waals surface area contributed by atoms with Crippen LogP contribution in [0.5, 0.6) is 0 Å². The Morgan fingerprint density at radius 1 is 1.42 bits per heavy atom. The van der Waals surface area contributed by atoms with E-state index in [0.717, 1.165) is 16.2 Å². The Kier molecular flexibility index (Phi) is 5.11. The van der Waals surface area contributed by atoms with Crippen molar-refractivity contribution in [3.05, 3.63) is 16.5 Å². The molecule has 108 valence electrons. The smallest absolute Gasteiger partial charge is 0.321 e. The zero-order valence-electron chi connectivity index (χ0n) is 11.4. The summed E-state index contributed by atoms with van der Waals surface area (Å²) < 4.78 is 26.9. The predicted molar refractivity (Wildman–Crippen MR) is 75.0 cm³/mol. The number of carboxylic acids is 1. The normalized spacial score (nSPS) is 13.7. The van der Waals surface area contributed by atoms with Crippen molar-refractivity contribution in [3.63, 3.8) is 0 Å². The Hall–Kier alpha value is -0.920. The van der Waals surface area contributed by atoms with Crippen molar-refractivity contribution in [3.8, 4) is 0 Å². The average Bonchev–Trinajstić information content (AvgIpc) is 2.56. The highest BCUT2D eigenvalue weighted by molar-refractivity contribution is 7.91. The van der Waals surface area contributed by atoms with Crippen LogP contribution in [0.25, 0.3) is 0 Å². The van der Waals surface area contributed by atoms with Gasteiger partial charge in [-0.2, -0.15) is 4.72 Å². The minimum atomic E-state index is -3.77. The van der Waals surface area contributed by atoms with Crippen molar-refractivity contribution >= 4 is 27.3 Å². The van der Waals surface area contributed by atoms with Crippen molar-refractivity contribution in [2.24, 2.45) is 5.92 Å². The molecule has 2 N–H and O–H groups in total. The van der Waals surface area contributed by atoms with E-state index in [4.69, 9.17) is 5.11 Å². The lowest BCUT2D eigenvalue weighted by Crippen LogP contribution is -2.41. The van der Waals surface area contributed by atoms with Crippen molar-refractivity contribution in [1.29, 1.82) is 0 Å². The fraction of sp³-hybridized carbons (Fsp3) is 0.583. The van der Waals surface area contributed by atoms with E-state index in [-0.39, 0.29) is 16.5 Å². The monoisotopic (exact) mass is 305 g/mol. The molecular weight excluding hydrogens is 286 g/mol. The van der Waals surface area contributed by atoms with Gasteiger partial charge in [-0.3, -0.25) is 4.79 Å². The third kappa shape index (κ3) is 4.29. The molecule has 0 aromatic carbocycles. The van der Waals surface area contributed by atoms with E-state index in [1.54, 1.807) is 13.0 Å². The molecule has 1 heterocycles. The lowest BCUT2D eigenvalue weighted by molar-refractivity contribution is -0.139. The molecule has 1 aromatic heterocycles. The Labute approximate surface area is 117 Å². The zero-order chi connectivity index (χ0) is 14.8. The first-order valence-corrected chi connectivity index (χ1v) is 8.25. The van der Waals surface area contributed by atoms with Gasteiger partial charge in [0.1, 0.15) is 10.3 Å². The minimum absolute atomic E-state index is 0.0926. The van der Waals surface area contributed by atoms with Gasteiger partial charge in [0.25, 0.3) is 10.0 Å². The van der Waals surface area contributed by atoms with Crippen LogP contribution in [-0.2, 0) is 14.8 Å². The van der Waals surface area contributed by atoms with Crippen molar-refractivity contribution in [2.75, 3.05) is 0 Å². The summed E-state index contributed by atoms with van der Waals surface area (Å²) in [4.78, 5) is 12.0. The molecule has 0 spiro atoms. The van der Waals surface area contributed by atoms with Crippen LogP contribution in [-0.4, -0.2) is 25.5 Å². The number of carbonyl (C=O) groups is 1. The Morgan fingerprint density at radius 3 is 2.37 bits per heavy atom. The topological polar surface area (TPSA) is 83.5 Å². The standard InChI is InChI=1S/C12H19NO4S2/c1-7(2)5-10(11(14)15)13-19(16,17)12-8(3)6-9(4)18-12/h6-7,10,13H,5H2,1-4H3,(H,14,15)/t10-/m1/s1. The molecular formula is C12H19NO4S2. The maximum Gasteiger partial charge on any atom is 0.321 e. The quantitative estimate of drug-likeness (QED) is 0.843. The van der Waals surface area contributed by atoms with E-state index in [1.807, 2.05) is 20.8 Å². The summed E-state index contributed by atoms with van der Waals surface area (Å²) in [5.41, 5.74) is 0.642. The number of sulfonamides is 1. The highest BCUT2D eigenvalue weighted by Crippen LogP contribution is 2.26. The third-order valence-corrected chi connectivity index (χ3v) is 5.80. The van der Waals surface area contributed by atoms with Crippen LogP contribution in [0.15, 0.2) is 10.3 Å². The maximum atomic E-state index is 12.2. The van der Waals surface area contributed by atoms with Crippen LogP contribution in [0.4, 0.5) is 0 Å². The highest BCUT2D eigenvalue weighted by Gasteiger charge is 2.28. The van der Waals surface area contributed by atoms with Gasteiger partial charge in [-0.15, -0.1) is 11.3 Å². The number of carboxylic acid groups (broad SMARTS) is 1. The SMILES string of the molecule is Cc1cc(C)c(S(=O)(=O)N[C@H](CC(C)C)C(=O)O)s1. The average molecular weight is 305 g/mol. The molecule has 0 unspecified atom stereocenters. The zero-order valence-corrected chi connectivity index (χ0v) is 13.1. The third-order valence-electron chi connectivity index (χ3n) is 2.54. The second kappa shape index (κ2) is 6.02. The van der Waals surface area contributed by atoms with Gasteiger partial charge in [0.05, 0.1) is 0 Å². The summed E-state index contributed by atoms with van der Waals surface area (Å²) in [7, 11) is -3.77. The summed E-state index contributed by atoms with van der Waals surface area (Å²) in [5.74, 6) is -1.06. The van der Waals surface area contributed by atoms with Gasteiger partial charge < -0.3 is 5.11 Å². The maximum absolute atomic E-state index is 12.2. The minimum Gasteiger partial charge on any atom is -0.480 e. The fourth-order valence-corrected chi connectivity index (χ4v) is 4.69. The van der Waals surface area contributed by atoms with Crippen molar-refractivity contribution in [2.45, 2.75) is 44.4 Å². The molecule has 7 heteroatoms. The van der Waals surface area contributed by atoms with Crippen molar-refractivity contribution < 1.29 is 18.3 Å². The molecule has 1 aromatic rings. The summed E-state index contributed by atoms with van der Waals surface area (Å²) in [6.07, 6.45) is 0.262. The van der Waals surface area contributed by atoms with Crippen LogP contribution in [0, 0.1) is 19.8 Å². The number of aryl methyl sites for hydroxylation is 2. The molecule has 0 aliphatic carbocycles. The number of rotatable bonds is 6. The second-order valence-corrected chi connectivity index (χ2v) is 8.13. The molecule has 0 fully saturated rings. The summed E-state index contributed by atoms with van der Waals surface area (Å²) in [5, 5.41) is 9.08. The molecule has 1 rings (SSSR count). The number of thiophene rings is 1. The lowest BCUT2D eigenvalue weighted by Gasteiger charge is -2.16. The van der Waals surface area contributed by atoms with Gasteiger partial charge in [0, 0.05) is 4.88 Å². The molecule has 5 nitrogen and oxygen atoms in total. The van der Waals surface area contributed by atoms with E-state index < -0.39 is 22.0 Å². The van der Waals surface area contributed by atoms with E-state index in [9.17, 15) is 13.2 Å². The number of aliphatic carboxylic acids is 1. The van der Waals surface area contributed by atoms with Gasteiger partial charge in [-0.1, -0.05) is 13.8 Å². The van der Waals surface area contributed by atoms with Gasteiger partial charge >= 0.3 is 5.97 Å². The first-order chi connectivity index (χ1) is 8.63. The Balaban J connectivity index is 3.01. The molecule has 0 radical (unpaired) electrons. The largest absolute Gasteiger partial charge is 0.480 e. The van der Waals surface area contributed by atoms with Crippen LogP contribution < -0.4 is 4.72 Å². The molecule has 1 atom stereocenters. The molecule has 19 heavy (non-hydrogen) atoms. The summed E-state index contributed by atoms with van der Waals surface area (Å²) >= 11 is 1.15. The first-order valence-electron chi connectivity index (χ1n) is 5.95. The second-order valence-electron chi connectivity index (χ2n) is 4.97. The summed E-state index contributed by atoms with van der Waals surface area (Å²) in [6.45, 7) is 7.23. The van der Waals surface area contributed by atoms with E-state index >= 15 is 0 Å². The number of nitrogens with one attached hydrogen (secondary N) is 1. The molecule has 0 aliphatic rings. The van der Waals surface area contributed by atoms with E-state index in [1.165, 1.54) is 0 Å². The Morgan fingerprint density at radius 2 is 2.00 bits per heavy atom. The lowest BCUT2D eigenvalue weighted by atomic mass is 10.1. The fourth-order valence-electron chi connectivity index (χ4n) is 1.80. The predicted octanol–water partition coefficient (Wildman–Crippen LogP) is 2.14. The Bertz CT molecular complexity index is 560. The van der Waals surface area contributed by atoms with E-state index in [0.29, 0.717) is 5.56 Å². The highest BCUT2D eigenvalue weighted by atomic mass is 32.2. The van der Waals surface area contributed by atoms with Crippen molar-refractivity contribution in [1.82, 2.24) is 4.72 Å². The molecule has 0 bridgehead atoms. The number of hydrogen-bond acceptors (Lipinski definition) is 4. The van der Waals surface area contributed by atoms with Gasteiger partial charge in [-0.25, -0.2) is 8.42 Å². The van der Waals surface area contributed by atoms with E-state index in [2.05, 4.69) is 4.72 Å². The molecule has 0 aliphatic heterocycles. The molecule has 0 amide bonds. The summed E-state index contributed by atoms with van der Waals surface area (Å²) in [6, 6.07) is 0.684. The number of hydrogen-bond donors (Lipinski definition) is 2. The van der Waals surface area contributed by atoms with Crippen LogP contribution in [0.2, 0.25) is 0 Å². The van der Waals surface area contributed by atoms with Gasteiger partial charge in [0.15, 0.2) is 0 Å². The van der Waals surface area contributed by atoms with Gasteiger partial charge in [0.2, 0.25) is 0 Å². The first kappa shape index (κ1) is 16.1.